The Morgan fingerprint density at radius 3 is 2.24 bits per heavy atom. The van der Waals surface area contributed by atoms with Gasteiger partial charge in [-0.25, -0.2) is 15.6 Å². The number of hydrazine groups is 1. The summed E-state index contributed by atoms with van der Waals surface area (Å²) in [6, 6.07) is 23.4. The number of carboxylic acids is 1. The highest BCUT2D eigenvalue weighted by Gasteiger charge is 2.54. The van der Waals surface area contributed by atoms with E-state index in [4.69, 9.17) is 10.6 Å². The van der Waals surface area contributed by atoms with Gasteiger partial charge in [0.15, 0.2) is 11.7 Å². The fraction of sp³-hybridized carbons (Fsp3) is 0.214. The average Bonchev–Trinajstić information content (AvgIpc) is 2.92. The number of nitrogens with two attached hydrogens (primary N) is 1. The minimum absolute atomic E-state index is 0.0118. The molecule has 1 fully saturated rings. The largest absolute Gasteiger partial charge is 0.478 e. The highest BCUT2D eigenvalue weighted by molar-refractivity contribution is 6.09. The Bertz CT molecular complexity index is 1280. The Labute approximate surface area is 213 Å². The van der Waals surface area contributed by atoms with E-state index in [1.807, 2.05) is 60.7 Å². The summed E-state index contributed by atoms with van der Waals surface area (Å²) in [6.07, 6.45) is -0.273. The van der Waals surface area contributed by atoms with Gasteiger partial charge in [0.1, 0.15) is 5.75 Å². The van der Waals surface area contributed by atoms with Crippen LogP contribution in [-0.4, -0.2) is 46.0 Å². The van der Waals surface area contributed by atoms with Crippen molar-refractivity contribution < 1.29 is 29.0 Å². The predicted octanol–water partition coefficient (Wildman–Crippen LogP) is 2.35. The third-order valence-corrected chi connectivity index (χ3v) is 6.17. The van der Waals surface area contributed by atoms with Gasteiger partial charge in [0.25, 0.3) is 5.91 Å². The molecule has 9 nitrogen and oxygen atoms in total. The molecule has 1 aliphatic rings. The molecule has 0 spiro atoms. The van der Waals surface area contributed by atoms with E-state index >= 15 is 0 Å². The van der Waals surface area contributed by atoms with E-state index in [-0.39, 0.29) is 30.1 Å². The maximum atomic E-state index is 13.6. The van der Waals surface area contributed by atoms with E-state index in [1.165, 1.54) is 24.3 Å². The number of rotatable bonds is 11. The predicted molar refractivity (Wildman–Crippen MR) is 134 cm³/mol. The number of ether oxygens (including phenoxy) is 1. The second-order valence-electron chi connectivity index (χ2n) is 8.76. The molecule has 4 N–H and O–H groups in total. The van der Waals surface area contributed by atoms with Crippen LogP contribution in [0.3, 0.4) is 0 Å². The normalized spacial score (nSPS) is 17.4. The van der Waals surface area contributed by atoms with Gasteiger partial charge in [0.2, 0.25) is 12.1 Å². The average molecular weight is 502 g/mol. The van der Waals surface area contributed by atoms with Gasteiger partial charge in [-0.2, -0.15) is 0 Å². The summed E-state index contributed by atoms with van der Waals surface area (Å²) in [5.41, 5.74) is 1.79. The van der Waals surface area contributed by atoms with E-state index < -0.39 is 35.8 Å². The zero-order chi connectivity index (χ0) is 26.4. The van der Waals surface area contributed by atoms with Gasteiger partial charge >= 0.3 is 5.97 Å². The summed E-state index contributed by atoms with van der Waals surface area (Å²) < 4.78 is 5.75. The van der Waals surface area contributed by atoms with E-state index in [0.29, 0.717) is 6.42 Å². The van der Waals surface area contributed by atoms with Crippen molar-refractivity contribution in [2.75, 3.05) is 0 Å². The molecule has 1 heterocycles. The molecule has 3 atom stereocenters. The minimum atomic E-state index is -1.25. The van der Waals surface area contributed by atoms with Crippen LogP contribution in [0.2, 0.25) is 0 Å². The Morgan fingerprint density at radius 2 is 1.59 bits per heavy atom. The zero-order valence-electron chi connectivity index (χ0n) is 19.9. The quantitative estimate of drug-likeness (QED) is 0.159. The number of Topliss-reactive ketones (excluding diaryl/α,β-unsaturated/α-hetero) is 1. The van der Waals surface area contributed by atoms with Crippen LogP contribution < -0.4 is 15.9 Å². The van der Waals surface area contributed by atoms with Gasteiger partial charge in [0.05, 0.1) is 11.6 Å². The SMILES string of the molecule is NN1C(=O)[C@H](C(=O)[C@H](Cc2ccccc2)NC(=O)CCc2ccccc2)[C@@H]1Oc1cccc(C(=O)O)c1. The van der Waals surface area contributed by atoms with E-state index in [1.54, 1.807) is 0 Å². The topological polar surface area (TPSA) is 139 Å². The molecule has 0 unspecified atom stereocenters. The van der Waals surface area contributed by atoms with Crippen molar-refractivity contribution in [2.45, 2.75) is 31.5 Å². The molecule has 1 aliphatic heterocycles. The Kier molecular flexibility index (Phi) is 7.95. The van der Waals surface area contributed by atoms with Gasteiger partial charge in [-0.15, -0.1) is 0 Å². The highest BCUT2D eigenvalue weighted by atomic mass is 16.5. The fourth-order valence-corrected chi connectivity index (χ4v) is 4.17. The number of carbonyl (C=O) groups excluding carboxylic acids is 3. The van der Waals surface area contributed by atoms with Crippen LogP contribution in [0.25, 0.3) is 0 Å². The first-order chi connectivity index (χ1) is 17.8. The van der Waals surface area contributed by atoms with Crippen molar-refractivity contribution in [3.05, 3.63) is 102 Å². The lowest BCUT2D eigenvalue weighted by Gasteiger charge is -2.43. The van der Waals surface area contributed by atoms with Crippen molar-refractivity contribution in [3.8, 4) is 5.75 Å². The Balaban J connectivity index is 1.50. The second-order valence-corrected chi connectivity index (χ2v) is 8.76. The monoisotopic (exact) mass is 501 g/mol. The number of carboxylic acid groups (broad SMARTS) is 1. The lowest BCUT2D eigenvalue weighted by molar-refractivity contribution is -0.181. The standard InChI is InChI=1S/C28H27N3O6/c29-31-26(34)24(27(31)37-21-13-7-12-20(17-21)28(35)36)25(33)22(16-19-10-5-2-6-11-19)30-23(32)15-14-18-8-3-1-4-9-18/h1-13,17,22,24,27H,14-16,29H2,(H,30,32)(H,35,36)/t22-,24-,27-/m0/s1. The molecule has 2 amide bonds. The summed E-state index contributed by atoms with van der Waals surface area (Å²) in [4.78, 5) is 50.3. The van der Waals surface area contributed by atoms with Gasteiger partial charge < -0.3 is 15.2 Å². The summed E-state index contributed by atoms with van der Waals surface area (Å²) >= 11 is 0. The number of hydrogen-bond donors (Lipinski definition) is 3. The van der Waals surface area contributed by atoms with Crippen molar-refractivity contribution in [3.63, 3.8) is 0 Å². The Hall–Kier alpha value is -4.50. The molecule has 3 aromatic rings. The number of β-lactam (4-membered cyclic amide) rings is 1. The molecule has 190 valence electrons. The lowest BCUT2D eigenvalue weighted by atomic mass is 9.86. The van der Waals surface area contributed by atoms with Gasteiger partial charge in [-0.05, 0) is 42.2 Å². The third kappa shape index (κ3) is 6.20. The third-order valence-electron chi connectivity index (χ3n) is 6.17. The lowest BCUT2D eigenvalue weighted by Crippen LogP contribution is -2.70. The van der Waals surface area contributed by atoms with Crippen LogP contribution in [0.4, 0.5) is 0 Å². The highest BCUT2D eigenvalue weighted by Crippen LogP contribution is 2.29. The number of nitrogens with one attached hydrogen (secondary N) is 1. The molecule has 0 bridgehead atoms. The first-order valence-corrected chi connectivity index (χ1v) is 11.8. The molecule has 9 heteroatoms. The Morgan fingerprint density at radius 1 is 0.946 bits per heavy atom. The number of carbonyl (C=O) groups is 4. The van der Waals surface area contributed by atoms with Crippen molar-refractivity contribution in [1.82, 2.24) is 10.3 Å². The summed E-state index contributed by atoms with van der Waals surface area (Å²) in [6.45, 7) is 0. The summed E-state index contributed by atoms with van der Waals surface area (Å²) in [5, 5.41) is 12.8. The van der Waals surface area contributed by atoms with Crippen LogP contribution in [0, 0.1) is 5.92 Å². The molecule has 3 aromatic carbocycles. The zero-order valence-corrected chi connectivity index (χ0v) is 19.9. The van der Waals surface area contributed by atoms with Gasteiger partial charge in [-0.3, -0.25) is 14.4 Å². The molecule has 0 saturated carbocycles. The van der Waals surface area contributed by atoms with E-state index in [0.717, 1.165) is 16.1 Å². The van der Waals surface area contributed by atoms with Crippen molar-refractivity contribution >= 4 is 23.6 Å². The molecular weight excluding hydrogens is 474 g/mol. The first-order valence-electron chi connectivity index (χ1n) is 11.8. The molecule has 4 rings (SSSR count). The second kappa shape index (κ2) is 11.5. The van der Waals surface area contributed by atoms with E-state index in [2.05, 4.69) is 5.32 Å². The number of benzene rings is 3. The van der Waals surface area contributed by atoms with Crippen molar-refractivity contribution in [1.29, 1.82) is 0 Å². The molecule has 0 radical (unpaired) electrons. The maximum absolute atomic E-state index is 13.6. The van der Waals surface area contributed by atoms with Crippen LogP contribution in [0.5, 0.6) is 5.75 Å². The molecular formula is C28H27N3O6. The van der Waals surface area contributed by atoms with Crippen LogP contribution in [-0.2, 0) is 27.2 Å². The van der Waals surface area contributed by atoms with Gasteiger partial charge in [-0.1, -0.05) is 66.7 Å². The molecule has 37 heavy (non-hydrogen) atoms. The number of ketones is 1. The smallest absolute Gasteiger partial charge is 0.335 e. The van der Waals surface area contributed by atoms with E-state index in [9.17, 15) is 24.3 Å². The number of amides is 2. The first kappa shape index (κ1) is 25.6. The fourth-order valence-electron chi connectivity index (χ4n) is 4.17. The number of aryl methyl sites for hydroxylation is 1. The number of hydrogen-bond acceptors (Lipinski definition) is 6. The summed E-state index contributed by atoms with van der Waals surface area (Å²) in [7, 11) is 0. The van der Waals surface area contributed by atoms with Gasteiger partial charge in [0, 0.05) is 6.42 Å². The summed E-state index contributed by atoms with van der Waals surface area (Å²) in [5.74, 6) is 2.08. The number of aromatic carboxylic acids is 1. The molecule has 0 aliphatic carbocycles. The number of nitrogens with zero attached hydrogens (tertiary/aromatic N) is 1. The van der Waals surface area contributed by atoms with Crippen LogP contribution in [0.15, 0.2) is 84.9 Å². The van der Waals surface area contributed by atoms with Crippen LogP contribution >= 0.6 is 0 Å². The van der Waals surface area contributed by atoms with Crippen molar-refractivity contribution in [2.24, 2.45) is 11.8 Å². The maximum Gasteiger partial charge on any atom is 0.335 e. The molecule has 1 saturated heterocycles. The van der Waals surface area contributed by atoms with Crippen LogP contribution in [0.1, 0.15) is 27.9 Å². The molecule has 0 aromatic heterocycles. The minimum Gasteiger partial charge on any atom is -0.478 e.